The highest BCUT2D eigenvalue weighted by molar-refractivity contribution is 5.25. The lowest BCUT2D eigenvalue weighted by molar-refractivity contribution is 0.299. The minimum atomic E-state index is 0.253. The molecule has 1 saturated carbocycles. The Kier molecular flexibility index (Phi) is 3.79. The molecule has 15 heavy (non-hydrogen) atoms. The molecule has 0 saturated heterocycles. The topological polar surface area (TPSA) is 20.2 Å². The van der Waals surface area contributed by atoms with Crippen LogP contribution in [0.15, 0.2) is 24.3 Å². The molecule has 1 aliphatic carbocycles. The largest absolute Gasteiger partial charge is 0.396 e. The van der Waals surface area contributed by atoms with Gasteiger partial charge >= 0.3 is 0 Å². The van der Waals surface area contributed by atoms with E-state index in [1.54, 1.807) is 0 Å². The zero-order valence-electron chi connectivity index (χ0n) is 9.28. The Bertz CT molecular complexity index is 283. The number of hydrogen-bond acceptors (Lipinski definition) is 1. The van der Waals surface area contributed by atoms with Gasteiger partial charge in [-0.2, -0.15) is 0 Å². The number of hydrogen-bond donors (Lipinski definition) is 1. The summed E-state index contributed by atoms with van der Waals surface area (Å²) in [5.74, 6) is 0.793. The van der Waals surface area contributed by atoms with Crippen LogP contribution in [0.25, 0.3) is 0 Å². The van der Waals surface area contributed by atoms with Crippen molar-refractivity contribution in [2.75, 3.05) is 6.61 Å². The third-order valence-corrected chi connectivity index (χ3v) is 3.46. The highest BCUT2D eigenvalue weighted by Gasteiger charge is 2.14. The van der Waals surface area contributed by atoms with Crippen molar-refractivity contribution in [3.63, 3.8) is 0 Å². The Morgan fingerprint density at radius 3 is 2.27 bits per heavy atom. The summed E-state index contributed by atoms with van der Waals surface area (Å²) in [4.78, 5) is 0. The maximum Gasteiger partial charge on any atom is 0.0471 e. The van der Waals surface area contributed by atoms with Gasteiger partial charge in [0, 0.05) is 6.61 Å². The van der Waals surface area contributed by atoms with Gasteiger partial charge in [-0.25, -0.2) is 0 Å². The van der Waals surface area contributed by atoms with Crippen molar-refractivity contribution in [1.29, 1.82) is 0 Å². The van der Waals surface area contributed by atoms with Crippen LogP contribution in [0.5, 0.6) is 0 Å². The predicted octanol–water partition coefficient (Wildman–Crippen LogP) is 3.27. The van der Waals surface area contributed by atoms with Crippen LogP contribution in [0.1, 0.15) is 49.1 Å². The Labute approximate surface area is 92.1 Å². The van der Waals surface area contributed by atoms with Gasteiger partial charge in [-0.1, -0.05) is 43.5 Å². The van der Waals surface area contributed by atoms with Crippen LogP contribution in [0, 0.1) is 0 Å². The lowest BCUT2D eigenvalue weighted by Gasteiger charge is -2.22. The Morgan fingerprint density at radius 2 is 1.67 bits per heavy atom. The van der Waals surface area contributed by atoms with Crippen molar-refractivity contribution in [1.82, 2.24) is 0 Å². The van der Waals surface area contributed by atoms with Gasteiger partial charge in [0.25, 0.3) is 0 Å². The molecule has 1 aromatic rings. The molecule has 0 unspecified atom stereocenters. The van der Waals surface area contributed by atoms with Gasteiger partial charge in [0.2, 0.25) is 0 Å². The third-order valence-electron chi connectivity index (χ3n) is 3.46. The molecule has 0 amide bonds. The minimum absolute atomic E-state index is 0.253. The second kappa shape index (κ2) is 5.32. The summed E-state index contributed by atoms with van der Waals surface area (Å²) in [6, 6.07) is 8.84. The number of aliphatic hydroxyl groups excluding tert-OH is 1. The van der Waals surface area contributed by atoms with Crippen molar-refractivity contribution < 1.29 is 5.11 Å². The fraction of sp³-hybridized carbons (Fsp3) is 0.571. The quantitative estimate of drug-likeness (QED) is 0.801. The smallest absolute Gasteiger partial charge is 0.0471 e. The van der Waals surface area contributed by atoms with E-state index in [0.717, 1.165) is 12.3 Å². The Hall–Kier alpha value is -0.820. The first-order valence-corrected chi connectivity index (χ1v) is 6.10. The molecule has 0 aromatic heterocycles. The van der Waals surface area contributed by atoms with E-state index in [1.807, 2.05) is 0 Å². The van der Waals surface area contributed by atoms with E-state index in [9.17, 15) is 0 Å². The summed E-state index contributed by atoms with van der Waals surface area (Å²) >= 11 is 0. The number of benzene rings is 1. The lowest BCUT2D eigenvalue weighted by atomic mass is 9.84. The first kappa shape index (κ1) is 10.7. The zero-order chi connectivity index (χ0) is 10.5. The molecule has 0 radical (unpaired) electrons. The second-order valence-electron chi connectivity index (χ2n) is 4.55. The van der Waals surface area contributed by atoms with E-state index in [0.29, 0.717) is 0 Å². The molecule has 1 heteroatoms. The molecular formula is C14H20O. The molecule has 2 rings (SSSR count). The summed E-state index contributed by atoms with van der Waals surface area (Å²) in [5.41, 5.74) is 2.74. The molecule has 1 N–H and O–H groups in total. The molecule has 0 aliphatic heterocycles. The van der Waals surface area contributed by atoms with E-state index in [-0.39, 0.29) is 6.61 Å². The summed E-state index contributed by atoms with van der Waals surface area (Å²) in [6.45, 7) is 0.253. The van der Waals surface area contributed by atoms with Crippen LogP contribution in [0.4, 0.5) is 0 Å². The number of aliphatic hydroxyl groups is 1. The average molecular weight is 204 g/mol. The van der Waals surface area contributed by atoms with E-state index in [1.165, 1.54) is 43.2 Å². The normalized spacial score (nSPS) is 17.9. The zero-order valence-corrected chi connectivity index (χ0v) is 9.28. The molecule has 0 bridgehead atoms. The van der Waals surface area contributed by atoms with Crippen LogP contribution in [0.2, 0.25) is 0 Å². The van der Waals surface area contributed by atoms with Crippen LogP contribution < -0.4 is 0 Å². The summed E-state index contributed by atoms with van der Waals surface area (Å²) in [5, 5.41) is 8.84. The maximum atomic E-state index is 8.84. The van der Waals surface area contributed by atoms with Crippen molar-refractivity contribution in [2.45, 2.75) is 44.4 Å². The van der Waals surface area contributed by atoms with Gasteiger partial charge in [0.05, 0.1) is 0 Å². The van der Waals surface area contributed by atoms with Gasteiger partial charge in [-0.15, -0.1) is 0 Å². The van der Waals surface area contributed by atoms with Crippen LogP contribution in [-0.2, 0) is 6.42 Å². The fourth-order valence-corrected chi connectivity index (χ4v) is 2.52. The maximum absolute atomic E-state index is 8.84. The van der Waals surface area contributed by atoms with Gasteiger partial charge in [0.1, 0.15) is 0 Å². The van der Waals surface area contributed by atoms with Crippen molar-refractivity contribution >= 4 is 0 Å². The molecule has 0 atom stereocenters. The highest BCUT2D eigenvalue weighted by atomic mass is 16.2. The van der Waals surface area contributed by atoms with Crippen molar-refractivity contribution in [3.8, 4) is 0 Å². The predicted molar refractivity (Wildman–Crippen MR) is 63.1 cm³/mol. The first-order valence-electron chi connectivity index (χ1n) is 6.10. The standard InChI is InChI=1S/C14H20O/c15-11-10-12-6-8-14(9-7-12)13-4-2-1-3-5-13/h6-9,13,15H,1-5,10-11H2. The molecule has 1 nitrogen and oxygen atoms in total. The Balaban J connectivity index is 2.02. The summed E-state index contributed by atoms with van der Waals surface area (Å²) in [7, 11) is 0. The van der Waals surface area contributed by atoms with Gasteiger partial charge < -0.3 is 5.11 Å². The number of rotatable bonds is 3. The van der Waals surface area contributed by atoms with Gasteiger partial charge in [-0.05, 0) is 36.3 Å². The molecule has 1 aliphatic rings. The molecule has 0 heterocycles. The van der Waals surface area contributed by atoms with Crippen molar-refractivity contribution in [3.05, 3.63) is 35.4 Å². The molecule has 82 valence electrons. The lowest BCUT2D eigenvalue weighted by Crippen LogP contribution is -2.04. The van der Waals surface area contributed by atoms with E-state index < -0.39 is 0 Å². The fourth-order valence-electron chi connectivity index (χ4n) is 2.52. The molecule has 1 aromatic carbocycles. The molecular weight excluding hydrogens is 184 g/mol. The van der Waals surface area contributed by atoms with Gasteiger partial charge in [-0.3, -0.25) is 0 Å². The minimum Gasteiger partial charge on any atom is -0.396 e. The van der Waals surface area contributed by atoms with Crippen LogP contribution >= 0.6 is 0 Å². The SMILES string of the molecule is OCCc1ccc(C2CCCCC2)cc1. The van der Waals surface area contributed by atoms with Gasteiger partial charge in [0.15, 0.2) is 0 Å². The monoisotopic (exact) mass is 204 g/mol. The van der Waals surface area contributed by atoms with Crippen LogP contribution in [0.3, 0.4) is 0 Å². The highest BCUT2D eigenvalue weighted by Crippen LogP contribution is 2.32. The van der Waals surface area contributed by atoms with E-state index in [4.69, 9.17) is 5.11 Å². The third kappa shape index (κ3) is 2.82. The van der Waals surface area contributed by atoms with Crippen LogP contribution in [-0.4, -0.2) is 11.7 Å². The van der Waals surface area contributed by atoms with E-state index in [2.05, 4.69) is 24.3 Å². The van der Waals surface area contributed by atoms with Crippen molar-refractivity contribution in [2.24, 2.45) is 0 Å². The average Bonchev–Trinajstić information content (AvgIpc) is 2.32. The first-order chi connectivity index (χ1) is 7.40. The Morgan fingerprint density at radius 1 is 1.00 bits per heavy atom. The second-order valence-corrected chi connectivity index (χ2v) is 4.55. The molecule has 1 fully saturated rings. The molecule has 0 spiro atoms. The van der Waals surface area contributed by atoms with E-state index >= 15 is 0 Å². The summed E-state index contributed by atoms with van der Waals surface area (Å²) in [6.07, 6.45) is 7.70. The summed E-state index contributed by atoms with van der Waals surface area (Å²) < 4.78 is 0.